The fraction of sp³-hybridized carbons (Fsp3) is 0.273. The number of carbonyl (C=O) groups is 1. The van der Waals surface area contributed by atoms with Crippen molar-refractivity contribution in [2.24, 2.45) is 0 Å². The second-order valence-corrected chi connectivity index (χ2v) is 4.45. The molecule has 2 rings (SSSR count). The zero-order valence-corrected chi connectivity index (χ0v) is 10.1. The fourth-order valence-corrected chi connectivity index (χ4v) is 2.31. The van der Waals surface area contributed by atoms with Gasteiger partial charge in [0.25, 0.3) is 0 Å². The first-order valence-electron chi connectivity index (χ1n) is 5.26. The maximum Gasteiger partial charge on any atom is 0.331 e. The molecule has 0 spiro atoms. The number of carboxylic acids is 1. The molecule has 0 aromatic carbocycles. The molecular weight excluding hydrogens is 238 g/mol. The van der Waals surface area contributed by atoms with Crippen LogP contribution >= 0.6 is 11.3 Å². The highest BCUT2D eigenvalue weighted by Crippen LogP contribution is 2.23. The van der Waals surface area contributed by atoms with Crippen LogP contribution in [0.3, 0.4) is 0 Å². The van der Waals surface area contributed by atoms with Crippen molar-refractivity contribution < 1.29 is 9.90 Å². The molecule has 1 atom stereocenters. The summed E-state index contributed by atoms with van der Waals surface area (Å²) < 4.78 is 1.86. The molecule has 2 N–H and O–H groups in total. The molecule has 90 valence electrons. The number of hydrogen-bond acceptors (Lipinski definition) is 4. The summed E-state index contributed by atoms with van der Waals surface area (Å²) in [6.45, 7) is 2.73. The third kappa shape index (κ3) is 2.47. The van der Waals surface area contributed by atoms with E-state index >= 15 is 0 Å². The Balaban J connectivity index is 2.22. The van der Waals surface area contributed by atoms with Gasteiger partial charge in [-0.05, 0) is 18.4 Å². The van der Waals surface area contributed by atoms with Gasteiger partial charge in [0.1, 0.15) is 0 Å². The highest BCUT2D eigenvalue weighted by Gasteiger charge is 2.22. The topological polar surface area (TPSA) is 67.2 Å². The fourth-order valence-electron chi connectivity index (χ4n) is 1.54. The molecule has 0 saturated carbocycles. The number of thiophene rings is 1. The van der Waals surface area contributed by atoms with E-state index in [1.807, 2.05) is 29.1 Å². The molecule has 2 heterocycles. The quantitative estimate of drug-likeness (QED) is 0.855. The summed E-state index contributed by atoms with van der Waals surface area (Å²) in [5, 5.41) is 14.0. The summed E-state index contributed by atoms with van der Waals surface area (Å²) in [6, 6.07) is 2.89. The minimum Gasteiger partial charge on any atom is -0.479 e. The number of aromatic nitrogens is 2. The molecule has 0 bridgehead atoms. The molecule has 0 saturated heterocycles. The first-order chi connectivity index (χ1) is 8.22. The van der Waals surface area contributed by atoms with Crippen LogP contribution in [0.15, 0.2) is 29.9 Å². The van der Waals surface area contributed by atoms with Gasteiger partial charge in [0.05, 0.1) is 0 Å². The zero-order valence-electron chi connectivity index (χ0n) is 9.33. The molecule has 5 nitrogen and oxygen atoms in total. The zero-order chi connectivity index (χ0) is 12.3. The molecule has 1 unspecified atom stereocenters. The van der Waals surface area contributed by atoms with E-state index in [1.165, 1.54) is 11.3 Å². The normalized spacial score (nSPS) is 12.3. The van der Waals surface area contributed by atoms with E-state index in [-0.39, 0.29) is 0 Å². The third-order valence-electron chi connectivity index (χ3n) is 2.40. The number of hydrogen-bond donors (Lipinski definition) is 2. The lowest BCUT2D eigenvalue weighted by Crippen LogP contribution is -2.21. The number of nitrogens with zero attached hydrogens (tertiary/aromatic N) is 2. The third-order valence-corrected chi connectivity index (χ3v) is 3.34. The number of aryl methyl sites for hydroxylation is 1. The van der Waals surface area contributed by atoms with Crippen LogP contribution in [0, 0.1) is 0 Å². The number of aliphatic carboxylic acids is 1. The van der Waals surface area contributed by atoms with Crippen molar-refractivity contribution in [2.45, 2.75) is 19.5 Å². The van der Waals surface area contributed by atoms with Crippen molar-refractivity contribution in [3.63, 3.8) is 0 Å². The van der Waals surface area contributed by atoms with Gasteiger partial charge in [0, 0.05) is 23.8 Å². The lowest BCUT2D eigenvalue weighted by molar-refractivity contribution is -0.138. The summed E-state index contributed by atoms with van der Waals surface area (Å²) in [5.74, 6) is -0.327. The lowest BCUT2D eigenvalue weighted by atomic mass is 10.2. The first-order valence-corrected chi connectivity index (χ1v) is 6.14. The van der Waals surface area contributed by atoms with E-state index in [0.29, 0.717) is 5.95 Å². The summed E-state index contributed by atoms with van der Waals surface area (Å²) in [7, 11) is 0. The monoisotopic (exact) mass is 251 g/mol. The van der Waals surface area contributed by atoms with Crippen LogP contribution in [-0.2, 0) is 11.3 Å². The largest absolute Gasteiger partial charge is 0.479 e. The van der Waals surface area contributed by atoms with Crippen molar-refractivity contribution in [2.75, 3.05) is 5.32 Å². The Morgan fingerprint density at radius 2 is 2.53 bits per heavy atom. The SMILES string of the molecule is CCn1ccnc1NC(C(=O)O)c1cccs1. The Morgan fingerprint density at radius 3 is 3.12 bits per heavy atom. The Kier molecular flexibility index (Phi) is 3.43. The van der Waals surface area contributed by atoms with Gasteiger partial charge in [-0.3, -0.25) is 0 Å². The van der Waals surface area contributed by atoms with E-state index < -0.39 is 12.0 Å². The predicted molar refractivity (Wildman–Crippen MR) is 66.2 cm³/mol. The van der Waals surface area contributed by atoms with Crippen molar-refractivity contribution in [1.29, 1.82) is 0 Å². The molecule has 0 radical (unpaired) electrons. The average molecular weight is 251 g/mol. The van der Waals surface area contributed by atoms with E-state index in [4.69, 9.17) is 0 Å². The van der Waals surface area contributed by atoms with Crippen molar-refractivity contribution in [1.82, 2.24) is 9.55 Å². The van der Waals surface area contributed by atoms with Crippen molar-refractivity contribution >= 4 is 23.3 Å². The standard InChI is InChI=1S/C11H13N3O2S/c1-2-14-6-5-12-11(14)13-9(10(15)16)8-4-3-7-17-8/h3-7,9H,2H2,1H3,(H,12,13)(H,15,16). The van der Waals surface area contributed by atoms with E-state index in [9.17, 15) is 9.90 Å². The second kappa shape index (κ2) is 5.01. The summed E-state index contributed by atoms with van der Waals surface area (Å²) in [5.41, 5.74) is 0. The van der Waals surface area contributed by atoms with Crippen LogP contribution < -0.4 is 5.32 Å². The Hall–Kier alpha value is -1.82. The Bertz CT molecular complexity index is 493. The maximum atomic E-state index is 11.2. The summed E-state index contributed by atoms with van der Waals surface area (Å²) in [4.78, 5) is 16.1. The number of rotatable bonds is 5. The second-order valence-electron chi connectivity index (χ2n) is 3.47. The van der Waals surface area contributed by atoms with Gasteiger partial charge in [-0.1, -0.05) is 6.07 Å². The van der Waals surface area contributed by atoms with E-state index in [0.717, 1.165) is 11.4 Å². The van der Waals surface area contributed by atoms with Crippen molar-refractivity contribution in [3.8, 4) is 0 Å². The molecule has 0 aliphatic carbocycles. The first kappa shape index (κ1) is 11.7. The smallest absolute Gasteiger partial charge is 0.331 e. The summed E-state index contributed by atoms with van der Waals surface area (Å²) in [6.07, 6.45) is 3.47. The molecular formula is C11H13N3O2S. The molecule has 0 aliphatic heterocycles. The summed E-state index contributed by atoms with van der Waals surface area (Å²) >= 11 is 1.41. The predicted octanol–water partition coefficient (Wildman–Crippen LogP) is 2.20. The molecule has 2 aromatic rings. The van der Waals surface area contributed by atoms with Gasteiger partial charge in [0.2, 0.25) is 5.95 Å². The van der Waals surface area contributed by atoms with Gasteiger partial charge >= 0.3 is 5.97 Å². The molecule has 0 fully saturated rings. The molecule has 0 amide bonds. The molecule has 6 heteroatoms. The lowest BCUT2D eigenvalue weighted by Gasteiger charge is -2.14. The van der Waals surface area contributed by atoms with Gasteiger partial charge in [-0.25, -0.2) is 9.78 Å². The highest BCUT2D eigenvalue weighted by molar-refractivity contribution is 7.10. The Morgan fingerprint density at radius 1 is 1.71 bits per heavy atom. The molecule has 0 aliphatic rings. The van der Waals surface area contributed by atoms with Crippen LogP contribution in [-0.4, -0.2) is 20.6 Å². The minimum absolute atomic E-state index is 0.577. The van der Waals surface area contributed by atoms with Gasteiger partial charge < -0.3 is 15.0 Å². The maximum absolute atomic E-state index is 11.2. The minimum atomic E-state index is -0.905. The van der Waals surface area contributed by atoms with Crippen LogP contribution in [0.1, 0.15) is 17.8 Å². The van der Waals surface area contributed by atoms with Gasteiger partial charge in [0.15, 0.2) is 6.04 Å². The number of imidazole rings is 1. The highest BCUT2D eigenvalue weighted by atomic mass is 32.1. The molecule has 2 aromatic heterocycles. The van der Waals surface area contributed by atoms with Crippen LogP contribution in [0.25, 0.3) is 0 Å². The van der Waals surface area contributed by atoms with Crippen LogP contribution in [0.4, 0.5) is 5.95 Å². The van der Waals surface area contributed by atoms with Gasteiger partial charge in [-0.15, -0.1) is 11.3 Å². The van der Waals surface area contributed by atoms with E-state index in [1.54, 1.807) is 12.3 Å². The molecule has 17 heavy (non-hydrogen) atoms. The number of nitrogens with one attached hydrogen (secondary N) is 1. The Labute approximate surface area is 103 Å². The van der Waals surface area contributed by atoms with Crippen LogP contribution in [0.5, 0.6) is 0 Å². The van der Waals surface area contributed by atoms with Crippen molar-refractivity contribution in [3.05, 3.63) is 34.8 Å². The van der Waals surface area contributed by atoms with E-state index in [2.05, 4.69) is 10.3 Å². The van der Waals surface area contributed by atoms with Gasteiger partial charge in [-0.2, -0.15) is 0 Å². The average Bonchev–Trinajstić information content (AvgIpc) is 2.96. The number of anilines is 1. The van der Waals surface area contributed by atoms with Crippen LogP contribution in [0.2, 0.25) is 0 Å². The number of carboxylic acid groups (broad SMARTS) is 1.